The van der Waals surface area contributed by atoms with Crippen molar-refractivity contribution >= 4 is 28.5 Å². The standard InChI is InChI=1S/C21H23FN4O/c1-2-25-9-11-26(12-10-25)17-6-4-16(5-7-17)23-14-19-18-8-3-15(22)13-20(18)24-21(19)27/h3-8,13-14,24,27H,2,9-12H2,1H3. The van der Waals surface area contributed by atoms with Crippen LogP contribution in [0.1, 0.15) is 12.5 Å². The van der Waals surface area contributed by atoms with Crippen LogP contribution in [0, 0.1) is 5.82 Å². The number of likely N-dealkylation sites (N-methyl/N-ethyl adjacent to an activating group) is 1. The van der Waals surface area contributed by atoms with Gasteiger partial charge in [-0.1, -0.05) is 6.92 Å². The number of H-pyrrole nitrogens is 1. The highest BCUT2D eigenvalue weighted by atomic mass is 19.1. The van der Waals surface area contributed by atoms with E-state index < -0.39 is 0 Å². The fourth-order valence-corrected chi connectivity index (χ4v) is 3.52. The van der Waals surface area contributed by atoms with E-state index in [1.807, 2.05) is 12.1 Å². The highest BCUT2D eigenvalue weighted by Gasteiger charge is 2.15. The molecule has 0 amide bonds. The summed E-state index contributed by atoms with van der Waals surface area (Å²) >= 11 is 0. The van der Waals surface area contributed by atoms with E-state index in [1.165, 1.54) is 17.8 Å². The van der Waals surface area contributed by atoms with Crippen molar-refractivity contribution < 1.29 is 9.50 Å². The maximum absolute atomic E-state index is 13.3. The molecule has 1 saturated heterocycles. The van der Waals surface area contributed by atoms with E-state index in [2.05, 4.69) is 38.8 Å². The first-order valence-electron chi connectivity index (χ1n) is 9.25. The van der Waals surface area contributed by atoms with Crippen LogP contribution < -0.4 is 4.90 Å². The van der Waals surface area contributed by atoms with E-state index in [0.717, 1.165) is 43.8 Å². The zero-order valence-corrected chi connectivity index (χ0v) is 15.3. The number of hydrogen-bond donors (Lipinski definition) is 2. The average Bonchev–Trinajstić information content (AvgIpc) is 3.01. The Bertz CT molecular complexity index is 956. The molecule has 140 valence electrons. The van der Waals surface area contributed by atoms with Crippen LogP contribution in [-0.2, 0) is 0 Å². The third-order valence-corrected chi connectivity index (χ3v) is 5.16. The van der Waals surface area contributed by atoms with Crippen molar-refractivity contribution in [2.24, 2.45) is 4.99 Å². The van der Waals surface area contributed by atoms with Gasteiger partial charge in [-0.05, 0) is 49.0 Å². The maximum atomic E-state index is 13.3. The minimum atomic E-state index is -0.345. The quantitative estimate of drug-likeness (QED) is 0.689. The topological polar surface area (TPSA) is 54.9 Å². The molecule has 2 aromatic carbocycles. The zero-order valence-electron chi connectivity index (χ0n) is 15.3. The summed E-state index contributed by atoms with van der Waals surface area (Å²) < 4.78 is 13.3. The molecule has 3 aromatic rings. The molecule has 0 spiro atoms. The molecular formula is C21H23FN4O. The lowest BCUT2D eigenvalue weighted by atomic mass is 10.2. The highest BCUT2D eigenvalue weighted by molar-refractivity contribution is 6.02. The largest absolute Gasteiger partial charge is 0.494 e. The van der Waals surface area contributed by atoms with E-state index in [1.54, 1.807) is 12.3 Å². The number of aliphatic imine (C=N–C) groups is 1. The Hall–Kier alpha value is -2.86. The van der Waals surface area contributed by atoms with Crippen LogP contribution in [0.25, 0.3) is 10.9 Å². The van der Waals surface area contributed by atoms with E-state index in [0.29, 0.717) is 11.1 Å². The van der Waals surface area contributed by atoms with Crippen molar-refractivity contribution in [1.29, 1.82) is 0 Å². The first kappa shape index (κ1) is 17.5. The van der Waals surface area contributed by atoms with E-state index in [4.69, 9.17) is 0 Å². The van der Waals surface area contributed by atoms with Gasteiger partial charge in [0.25, 0.3) is 0 Å². The predicted molar refractivity (Wildman–Crippen MR) is 108 cm³/mol. The van der Waals surface area contributed by atoms with Gasteiger partial charge in [-0.2, -0.15) is 0 Å². The first-order chi connectivity index (χ1) is 13.1. The van der Waals surface area contributed by atoms with Gasteiger partial charge in [0.2, 0.25) is 0 Å². The van der Waals surface area contributed by atoms with Gasteiger partial charge in [0.05, 0.1) is 16.8 Å². The minimum absolute atomic E-state index is 0.00948. The Morgan fingerprint density at radius 2 is 1.85 bits per heavy atom. The van der Waals surface area contributed by atoms with Crippen LogP contribution in [0.4, 0.5) is 15.8 Å². The van der Waals surface area contributed by atoms with E-state index in [-0.39, 0.29) is 11.7 Å². The number of fused-ring (bicyclic) bond motifs is 1. The van der Waals surface area contributed by atoms with Gasteiger partial charge < -0.3 is 19.9 Å². The minimum Gasteiger partial charge on any atom is -0.494 e. The molecule has 0 saturated carbocycles. The number of nitrogens with zero attached hydrogens (tertiary/aromatic N) is 3. The monoisotopic (exact) mass is 366 g/mol. The number of hydrogen-bond acceptors (Lipinski definition) is 4. The number of aromatic amines is 1. The van der Waals surface area contributed by atoms with Crippen molar-refractivity contribution in [2.45, 2.75) is 6.92 Å². The molecule has 1 aromatic heterocycles. The number of piperazine rings is 1. The first-order valence-corrected chi connectivity index (χ1v) is 9.25. The number of halogens is 1. The van der Waals surface area contributed by atoms with E-state index >= 15 is 0 Å². The number of aromatic nitrogens is 1. The molecule has 5 nitrogen and oxygen atoms in total. The van der Waals surface area contributed by atoms with Crippen molar-refractivity contribution in [1.82, 2.24) is 9.88 Å². The van der Waals surface area contributed by atoms with Crippen molar-refractivity contribution in [3.63, 3.8) is 0 Å². The molecule has 4 rings (SSSR count). The molecule has 2 N–H and O–H groups in total. The fourth-order valence-electron chi connectivity index (χ4n) is 3.52. The number of anilines is 1. The molecule has 0 radical (unpaired) electrons. The van der Waals surface area contributed by atoms with Gasteiger partial charge in [-0.3, -0.25) is 4.99 Å². The Morgan fingerprint density at radius 3 is 2.56 bits per heavy atom. The maximum Gasteiger partial charge on any atom is 0.198 e. The second-order valence-electron chi connectivity index (χ2n) is 6.77. The Morgan fingerprint density at radius 1 is 1.11 bits per heavy atom. The smallest absolute Gasteiger partial charge is 0.198 e. The molecule has 1 aliphatic rings. The lowest BCUT2D eigenvalue weighted by Gasteiger charge is -2.35. The zero-order chi connectivity index (χ0) is 18.8. The summed E-state index contributed by atoms with van der Waals surface area (Å²) in [6.07, 6.45) is 1.61. The molecule has 27 heavy (non-hydrogen) atoms. The summed E-state index contributed by atoms with van der Waals surface area (Å²) in [5.41, 5.74) is 3.12. The number of benzene rings is 2. The van der Waals surface area contributed by atoms with Gasteiger partial charge in [-0.15, -0.1) is 0 Å². The summed E-state index contributed by atoms with van der Waals surface area (Å²) in [5, 5.41) is 10.8. The summed E-state index contributed by atoms with van der Waals surface area (Å²) in [7, 11) is 0. The van der Waals surface area contributed by atoms with Gasteiger partial charge >= 0.3 is 0 Å². The van der Waals surface area contributed by atoms with Gasteiger partial charge in [0, 0.05) is 43.5 Å². The van der Waals surface area contributed by atoms with Crippen LogP contribution in [0.2, 0.25) is 0 Å². The van der Waals surface area contributed by atoms with Crippen LogP contribution in [-0.4, -0.2) is 53.9 Å². The van der Waals surface area contributed by atoms with Crippen LogP contribution in [0.15, 0.2) is 47.5 Å². The number of aromatic hydroxyl groups is 1. The Balaban J connectivity index is 1.50. The molecule has 0 unspecified atom stereocenters. The fraction of sp³-hybridized carbons (Fsp3) is 0.286. The highest BCUT2D eigenvalue weighted by Crippen LogP contribution is 2.27. The second kappa shape index (κ2) is 7.40. The molecular weight excluding hydrogens is 343 g/mol. The molecule has 0 bridgehead atoms. The summed E-state index contributed by atoms with van der Waals surface area (Å²) in [4.78, 5) is 12.1. The molecule has 0 atom stereocenters. The van der Waals surface area contributed by atoms with Crippen molar-refractivity contribution in [2.75, 3.05) is 37.6 Å². The van der Waals surface area contributed by atoms with Crippen LogP contribution >= 0.6 is 0 Å². The SMILES string of the molecule is CCN1CCN(c2ccc(N=Cc3c(O)[nH]c4cc(F)ccc34)cc2)CC1. The third kappa shape index (κ3) is 3.66. The van der Waals surface area contributed by atoms with Crippen LogP contribution in [0.3, 0.4) is 0 Å². The molecule has 1 aliphatic heterocycles. The molecule has 0 aliphatic carbocycles. The number of rotatable bonds is 4. The summed E-state index contributed by atoms with van der Waals surface area (Å²) in [6, 6.07) is 12.5. The van der Waals surface area contributed by atoms with Gasteiger partial charge in [-0.25, -0.2) is 4.39 Å². The Labute approximate surface area is 157 Å². The molecule has 6 heteroatoms. The van der Waals surface area contributed by atoms with Gasteiger partial charge in [0.1, 0.15) is 5.82 Å². The lowest BCUT2D eigenvalue weighted by molar-refractivity contribution is 0.271. The normalized spacial score (nSPS) is 15.9. The van der Waals surface area contributed by atoms with Crippen molar-refractivity contribution in [3.8, 4) is 5.88 Å². The summed E-state index contributed by atoms with van der Waals surface area (Å²) in [5.74, 6) is -0.354. The summed E-state index contributed by atoms with van der Waals surface area (Å²) in [6.45, 7) is 7.57. The lowest BCUT2D eigenvalue weighted by Crippen LogP contribution is -2.46. The number of nitrogens with one attached hydrogen (secondary N) is 1. The van der Waals surface area contributed by atoms with E-state index in [9.17, 15) is 9.50 Å². The average molecular weight is 366 g/mol. The van der Waals surface area contributed by atoms with Crippen LogP contribution in [0.5, 0.6) is 5.88 Å². The Kier molecular flexibility index (Phi) is 4.81. The molecule has 1 fully saturated rings. The third-order valence-electron chi connectivity index (χ3n) is 5.16. The van der Waals surface area contributed by atoms with Crippen molar-refractivity contribution in [3.05, 3.63) is 53.8 Å². The molecule has 2 heterocycles. The second-order valence-corrected chi connectivity index (χ2v) is 6.77. The predicted octanol–water partition coefficient (Wildman–Crippen LogP) is 3.91. The van der Waals surface area contributed by atoms with Gasteiger partial charge in [0.15, 0.2) is 5.88 Å².